The van der Waals surface area contributed by atoms with Crippen molar-refractivity contribution in [1.29, 1.82) is 0 Å². The largest absolute Gasteiger partial charge is 0.0654 e. The summed E-state index contributed by atoms with van der Waals surface area (Å²) in [4.78, 5) is 0. The molecular formula is C68H118. The molecule has 0 radical (unpaired) electrons. The normalized spacial score (nSPS) is 11.5. The summed E-state index contributed by atoms with van der Waals surface area (Å²) in [5.41, 5.74) is 6.09. The molecule has 0 aliphatic carbocycles. The van der Waals surface area contributed by atoms with Gasteiger partial charge in [0.25, 0.3) is 0 Å². The Morgan fingerprint density at radius 1 is 0.221 bits per heavy atom. The van der Waals surface area contributed by atoms with Crippen LogP contribution in [0.15, 0.2) is 36.4 Å². The summed E-state index contributed by atoms with van der Waals surface area (Å²) in [6.45, 7) is 18.3. The van der Waals surface area contributed by atoms with E-state index in [0.29, 0.717) is 0 Å². The molecule has 0 unspecified atom stereocenters. The van der Waals surface area contributed by atoms with E-state index in [2.05, 4.69) is 91.8 Å². The summed E-state index contributed by atoms with van der Waals surface area (Å²) in [5, 5.41) is 9.08. The third kappa shape index (κ3) is 27.5. The molecule has 4 rings (SSSR count). The second-order valence-electron chi connectivity index (χ2n) is 22.0. The minimum Gasteiger partial charge on any atom is -0.0654 e. The number of hydrogen-bond acceptors (Lipinski definition) is 0. The van der Waals surface area contributed by atoms with Crippen molar-refractivity contribution in [1.82, 2.24) is 0 Å². The Kier molecular flexibility index (Phi) is 39.9. The molecule has 0 fully saturated rings. The predicted molar refractivity (Wildman–Crippen MR) is 315 cm³/mol. The zero-order chi connectivity index (χ0) is 49.1. The van der Waals surface area contributed by atoms with Crippen molar-refractivity contribution in [3.05, 3.63) is 58.7 Å². The lowest BCUT2D eigenvalue weighted by Gasteiger charge is -2.19. The highest BCUT2D eigenvalue weighted by Crippen LogP contribution is 2.41. The SMILES string of the molecule is CCCCCCC.CCCCCCC.CCCCCCCCCCCCCCCCCCc1cc(C)c2ccc3c(C)cc(CCCCCCCCCCCCCCCCCC)c4ccc1c2c34. The monoisotopic (exact) mass is 935 g/mol. The third-order valence-corrected chi connectivity index (χ3v) is 15.5. The van der Waals surface area contributed by atoms with E-state index in [9.17, 15) is 0 Å². The van der Waals surface area contributed by atoms with E-state index >= 15 is 0 Å². The first-order valence-corrected chi connectivity index (χ1v) is 31.2. The van der Waals surface area contributed by atoms with Crippen LogP contribution in [0.2, 0.25) is 0 Å². The highest BCUT2D eigenvalue weighted by atomic mass is 14.2. The number of rotatable bonds is 42. The molecule has 0 saturated heterocycles. The average molecular weight is 936 g/mol. The molecule has 0 bridgehead atoms. The fourth-order valence-corrected chi connectivity index (χ4v) is 11.0. The Balaban J connectivity index is 0.000000982. The van der Waals surface area contributed by atoms with E-state index in [1.807, 2.05) is 0 Å². The average Bonchev–Trinajstić information content (AvgIpc) is 3.35. The Labute approximate surface area is 426 Å². The van der Waals surface area contributed by atoms with Gasteiger partial charge in [-0.2, -0.15) is 0 Å². The molecule has 0 heteroatoms. The summed E-state index contributed by atoms with van der Waals surface area (Å²) in [6.07, 6.45) is 62.3. The molecule has 68 heavy (non-hydrogen) atoms. The number of unbranched alkanes of at least 4 members (excludes halogenated alkanes) is 38. The zero-order valence-corrected chi connectivity index (χ0v) is 47.6. The van der Waals surface area contributed by atoms with E-state index in [4.69, 9.17) is 0 Å². The van der Waals surface area contributed by atoms with Crippen LogP contribution in [0, 0.1) is 13.8 Å². The van der Waals surface area contributed by atoms with Gasteiger partial charge < -0.3 is 0 Å². The van der Waals surface area contributed by atoms with Crippen molar-refractivity contribution >= 4 is 32.3 Å². The first kappa shape index (κ1) is 62.0. The van der Waals surface area contributed by atoms with Crippen molar-refractivity contribution in [2.45, 2.75) is 338 Å². The summed E-state index contributed by atoms with van der Waals surface area (Å²) < 4.78 is 0. The topological polar surface area (TPSA) is 0 Å². The second-order valence-corrected chi connectivity index (χ2v) is 22.0. The molecule has 0 saturated carbocycles. The number of aryl methyl sites for hydroxylation is 4. The quantitative estimate of drug-likeness (QED) is 0.0307. The van der Waals surface area contributed by atoms with E-state index in [1.165, 1.54) is 315 Å². The molecule has 390 valence electrons. The van der Waals surface area contributed by atoms with Crippen molar-refractivity contribution in [2.75, 3.05) is 0 Å². The van der Waals surface area contributed by atoms with Crippen molar-refractivity contribution in [3.8, 4) is 0 Å². The van der Waals surface area contributed by atoms with E-state index in [-0.39, 0.29) is 0 Å². The highest BCUT2D eigenvalue weighted by molar-refractivity contribution is 6.25. The van der Waals surface area contributed by atoms with Crippen LogP contribution in [0.4, 0.5) is 0 Å². The van der Waals surface area contributed by atoms with Gasteiger partial charge in [-0.15, -0.1) is 0 Å². The summed E-state index contributed by atoms with van der Waals surface area (Å²) in [7, 11) is 0. The fraction of sp³-hybridized carbons (Fsp3) is 0.765. The molecule has 0 aliphatic rings. The molecule has 4 aromatic carbocycles. The molecule has 0 aliphatic heterocycles. The molecule has 0 N–H and O–H groups in total. The smallest absolute Gasteiger partial charge is 0.00212 e. The van der Waals surface area contributed by atoms with Gasteiger partial charge in [0.1, 0.15) is 0 Å². The molecule has 0 heterocycles. The first-order chi connectivity index (χ1) is 33.5. The lowest BCUT2D eigenvalue weighted by molar-refractivity contribution is 0.529. The van der Waals surface area contributed by atoms with Gasteiger partial charge in [-0.05, 0) is 94.1 Å². The Bertz CT molecular complexity index is 1560. The Hall–Kier alpha value is -2.08. The minimum absolute atomic E-state index is 1.22. The predicted octanol–water partition coefficient (Wildman–Crippen LogP) is 24.8. The molecule has 0 nitrogen and oxygen atoms in total. The molecule has 4 aromatic rings. The number of hydrogen-bond donors (Lipinski definition) is 0. The summed E-state index contributed by atoms with van der Waals surface area (Å²) >= 11 is 0. The second kappa shape index (κ2) is 43.7. The zero-order valence-electron chi connectivity index (χ0n) is 47.6. The van der Waals surface area contributed by atoms with E-state index in [0.717, 1.165) is 0 Å². The van der Waals surface area contributed by atoms with Gasteiger partial charge in [-0.1, -0.05) is 335 Å². The van der Waals surface area contributed by atoms with Gasteiger partial charge in [0.05, 0.1) is 0 Å². The van der Waals surface area contributed by atoms with Gasteiger partial charge in [-0.3, -0.25) is 0 Å². The van der Waals surface area contributed by atoms with E-state index in [1.54, 1.807) is 21.9 Å². The van der Waals surface area contributed by atoms with Gasteiger partial charge >= 0.3 is 0 Å². The maximum absolute atomic E-state index is 2.53. The van der Waals surface area contributed by atoms with Gasteiger partial charge in [0, 0.05) is 0 Å². The van der Waals surface area contributed by atoms with Gasteiger partial charge in [0.2, 0.25) is 0 Å². The van der Waals surface area contributed by atoms with Crippen LogP contribution in [0.5, 0.6) is 0 Å². The minimum atomic E-state index is 1.22. The summed E-state index contributed by atoms with van der Waals surface area (Å²) in [5.74, 6) is 0. The van der Waals surface area contributed by atoms with Crippen LogP contribution >= 0.6 is 0 Å². The van der Waals surface area contributed by atoms with Crippen LogP contribution in [0.3, 0.4) is 0 Å². The van der Waals surface area contributed by atoms with E-state index < -0.39 is 0 Å². The van der Waals surface area contributed by atoms with Crippen LogP contribution in [0.25, 0.3) is 32.3 Å². The van der Waals surface area contributed by atoms with Crippen LogP contribution in [-0.2, 0) is 12.8 Å². The maximum atomic E-state index is 2.53. The first-order valence-electron chi connectivity index (χ1n) is 31.2. The maximum Gasteiger partial charge on any atom is -0.00212 e. The van der Waals surface area contributed by atoms with Crippen LogP contribution < -0.4 is 0 Å². The van der Waals surface area contributed by atoms with Gasteiger partial charge in [0.15, 0.2) is 0 Å². The molecular weight excluding hydrogens is 817 g/mol. The fourth-order valence-electron chi connectivity index (χ4n) is 11.0. The van der Waals surface area contributed by atoms with Crippen LogP contribution in [0.1, 0.15) is 333 Å². The molecule has 0 atom stereocenters. The molecule has 0 spiro atoms. The Morgan fingerprint density at radius 2 is 0.397 bits per heavy atom. The lowest BCUT2D eigenvalue weighted by Crippen LogP contribution is -1.97. The Morgan fingerprint density at radius 3 is 0.618 bits per heavy atom. The molecule has 0 amide bonds. The van der Waals surface area contributed by atoms with Gasteiger partial charge in [-0.25, -0.2) is 0 Å². The third-order valence-electron chi connectivity index (χ3n) is 15.5. The summed E-state index contributed by atoms with van der Waals surface area (Å²) in [6, 6.07) is 14.9. The highest BCUT2D eigenvalue weighted by Gasteiger charge is 2.16. The van der Waals surface area contributed by atoms with Crippen molar-refractivity contribution in [2.24, 2.45) is 0 Å². The standard InChI is InChI=1S/C54H86.2C7H16/c1-5-7-9-11-13-15-17-19-21-23-25-27-29-31-33-35-37-47-43-45(3)49-39-40-50-46(4)44-48(52-42-41-51(47)53(49)54(50)52)38-36-34-32-30-28-26-24-22-20-18-16-14-12-10-8-6-2;2*1-3-5-7-6-4-2/h39-44H,5-38H2,1-4H3;2*3-7H2,1-2H3. The van der Waals surface area contributed by atoms with Crippen LogP contribution in [-0.4, -0.2) is 0 Å². The van der Waals surface area contributed by atoms with Crippen molar-refractivity contribution in [3.63, 3.8) is 0 Å². The lowest BCUT2D eigenvalue weighted by atomic mass is 9.85. The number of benzene rings is 4. The molecule has 0 aromatic heterocycles. The van der Waals surface area contributed by atoms with Crippen molar-refractivity contribution < 1.29 is 0 Å².